The van der Waals surface area contributed by atoms with E-state index in [1.165, 1.54) is 0 Å². The molecule has 1 aromatic heterocycles. The van der Waals surface area contributed by atoms with Gasteiger partial charge in [-0.05, 0) is 103 Å². The molecule has 3 saturated carbocycles. The number of nitrogens with zero attached hydrogens (tertiary/aromatic N) is 2. The highest BCUT2D eigenvalue weighted by Crippen LogP contribution is 2.52. The molecule has 2 N–H and O–H groups in total. The standard InChI is InChI=1S/C43H56N4O9S/c1-5-26(2)55-35(48)21-28-11-9-7-6-8-10-12-29-23-43(29,40(51)46-57(52,53)41(3)19-20-41)45-38(49)34-24-42(25-47(34)39(28)50)18-17-31-32-22-30(54-4)15-16-33(32)44-36(27-13-14-27)37(31)56-42/h10,12,15-16,22,26-29,34H,5-9,11,13-14,17-21,23-25H2,1-4H3,(H,45,49)(H,46,51)/b12-10-/t26-,28-,29-,34+,42-,43-/m1/s1. The number of esters is 1. The maximum Gasteiger partial charge on any atom is 0.306 e. The molecule has 6 atom stereocenters. The lowest BCUT2D eigenvalue weighted by molar-refractivity contribution is -0.153. The molecule has 2 aromatic rings. The smallest absolute Gasteiger partial charge is 0.306 e. The van der Waals surface area contributed by atoms with Gasteiger partial charge in [0.2, 0.25) is 21.8 Å². The minimum atomic E-state index is -3.98. The van der Waals surface area contributed by atoms with Crippen LogP contribution < -0.4 is 19.5 Å². The molecular formula is C43H56N4O9S. The zero-order chi connectivity index (χ0) is 40.3. The maximum absolute atomic E-state index is 14.9. The number of pyridine rings is 1. The first-order valence-electron chi connectivity index (χ1n) is 21.0. The van der Waals surface area contributed by atoms with Crippen LogP contribution in [-0.2, 0) is 40.4 Å². The third kappa shape index (κ3) is 7.62. The lowest BCUT2D eigenvalue weighted by Crippen LogP contribution is -2.57. The van der Waals surface area contributed by atoms with Gasteiger partial charge >= 0.3 is 5.97 Å². The third-order valence-corrected chi connectivity index (χ3v) is 15.6. The van der Waals surface area contributed by atoms with Crippen LogP contribution in [0.2, 0.25) is 0 Å². The first-order valence-corrected chi connectivity index (χ1v) is 22.4. The summed E-state index contributed by atoms with van der Waals surface area (Å²) >= 11 is 0. The second kappa shape index (κ2) is 14.9. The summed E-state index contributed by atoms with van der Waals surface area (Å²) in [5.41, 5.74) is 0.355. The maximum atomic E-state index is 14.9. The summed E-state index contributed by atoms with van der Waals surface area (Å²) in [6, 6.07) is 4.81. The van der Waals surface area contributed by atoms with Crippen molar-refractivity contribution < 1.29 is 41.8 Å². The molecule has 308 valence electrons. The Balaban J connectivity index is 1.15. The van der Waals surface area contributed by atoms with Crippen molar-refractivity contribution in [2.75, 3.05) is 13.7 Å². The van der Waals surface area contributed by atoms with Crippen molar-refractivity contribution in [2.24, 2.45) is 11.8 Å². The average molecular weight is 805 g/mol. The fraction of sp³-hybridized carbons (Fsp3) is 0.651. The molecule has 3 aliphatic carbocycles. The summed E-state index contributed by atoms with van der Waals surface area (Å²) in [5.74, 6) is -1.55. The van der Waals surface area contributed by atoms with E-state index in [9.17, 15) is 27.6 Å². The number of aromatic nitrogens is 1. The van der Waals surface area contributed by atoms with Crippen molar-refractivity contribution in [1.82, 2.24) is 19.9 Å². The number of nitrogens with one attached hydrogen (secondary N) is 2. The van der Waals surface area contributed by atoms with Crippen LogP contribution in [0.1, 0.15) is 128 Å². The number of ether oxygens (including phenoxy) is 3. The first kappa shape index (κ1) is 39.6. The summed E-state index contributed by atoms with van der Waals surface area (Å²) in [6.45, 7) is 5.47. The van der Waals surface area contributed by atoms with Crippen molar-refractivity contribution in [1.29, 1.82) is 0 Å². The van der Waals surface area contributed by atoms with Crippen molar-refractivity contribution in [3.63, 3.8) is 0 Å². The van der Waals surface area contributed by atoms with Gasteiger partial charge in [0.1, 0.15) is 28.7 Å². The molecule has 8 rings (SSSR count). The highest BCUT2D eigenvalue weighted by Gasteiger charge is 2.64. The number of hydrogen-bond donors (Lipinski definition) is 2. The minimum Gasteiger partial charge on any atom is -0.497 e. The van der Waals surface area contributed by atoms with Crippen LogP contribution in [0.5, 0.6) is 11.5 Å². The van der Waals surface area contributed by atoms with Gasteiger partial charge in [-0.1, -0.05) is 31.9 Å². The van der Waals surface area contributed by atoms with E-state index in [1.807, 2.05) is 44.2 Å². The Morgan fingerprint density at radius 2 is 1.89 bits per heavy atom. The molecule has 13 nitrogen and oxygen atoms in total. The van der Waals surface area contributed by atoms with Gasteiger partial charge in [0.05, 0.1) is 42.1 Å². The van der Waals surface area contributed by atoms with Gasteiger partial charge in [0.15, 0.2) is 0 Å². The molecule has 14 heteroatoms. The van der Waals surface area contributed by atoms with E-state index in [-0.39, 0.29) is 43.7 Å². The van der Waals surface area contributed by atoms with Gasteiger partial charge in [0.25, 0.3) is 5.91 Å². The van der Waals surface area contributed by atoms with Gasteiger partial charge in [0, 0.05) is 35.1 Å². The van der Waals surface area contributed by atoms with E-state index < -0.39 is 61.6 Å². The summed E-state index contributed by atoms with van der Waals surface area (Å²) < 4.78 is 46.1. The lowest BCUT2D eigenvalue weighted by atomic mass is 9.86. The molecule has 4 fully saturated rings. The Hall–Kier alpha value is -4.20. The summed E-state index contributed by atoms with van der Waals surface area (Å²) in [6.07, 6.45) is 12.1. The van der Waals surface area contributed by atoms with E-state index in [0.29, 0.717) is 56.4 Å². The number of carbonyl (C=O) groups excluding carboxylic acids is 4. The quantitative estimate of drug-likeness (QED) is 0.243. The molecule has 6 aliphatic rings. The summed E-state index contributed by atoms with van der Waals surface area (Å²) in [5, 5.41) is 3.94. The molecule has 0 bridgehead atoms. The van der Waals surface area contributed by atoms with Crippen LogP contribution in [0.3, 0.4) is 0 Å². The number of allylic oxidation sites excluding steroid dienone is 1. The average Bonchev–Trinajstić information content (AvgIpc) is 4.12. The van der Waals surface area contributed by atoms with Crippen LogP contribution in [0.4, 0.5) is 0 Å². The summed E-state index contributed by atoms with van der Waals surface area (Å²) in [4.78, 5) is 63.6. The number of aryl methyl sites for hydroxylation is 1. The van der Waals surface area contributed by atoms with Crippen LogP contribution in [0, 0.1) is 11.8 Å². The molecule has 57 heavy (non-hydrogen) atoms. The highest BCUT2D eigenvalue weighted by molar-refractivity contribution is 7.91. The number of methoxy groups -OCH3 is 1. The number of amides is 3. The topological polar surface area (TPSA) is 170 Å². The minimum absolute atomic E-state index is 0.107. The first-order chi connectivity index (χ1) is 27.2. The van der Waals surface area contributed by atoms with Gasteiger partial charge in [-0.3, -0.25) is 23.9 Å². The Bertz CT molecular complexity index is 2110. The second-order valence-electron chi connectivity index (χ2n) is 17.8. The number of hydrogen-bond acceptors (Lipinski definition) is 10. The zero-order valence-electron chi connectivity index (χ0n) is 33.6. The fourth-order valence-electron chi connectivity index (χ4n) is 8.98. The second-order valence-corrected chi connectivity index (χ2v) is 20.0. The predicted octanol–water partition coefficient (Wildman–Crippen LogP) is 5.53. The number of sulfonamides is 1. The number of carbonyl (C=O) groups is 4. The molecule has 3 amide bonds. The molecule has 3 aliphatic heterocycles. The van der Waals surface area contributed by atoms with E-state index in [1.54, 1.807) is 18.9 Å². The Morgan fingerprint density at radius 1 is 1.11 bits per heavy atom. The zero-order valence-corrected chi connectivity index (χ0v) is 34.4. The number of benzene rings is 1. The van der Waals surface area contributed by atoms with E-state index in [2.05, 4.69) is 10.0 Å². The van der Waals surface area contributed by atoms with E-state index in [0.717, 1.165) is 54.3 Å². The highest BCUT2D eigenvalue weighted by atomic mass is 32.2. The van der Waals surface area contributed by atoms with Gasteiger partial charge in [-0.2, -0.15) is 0 Å². The monoisotopic (exact) mass is 804 g/mol. The van der Waals surface area contributed by atoms with E-state index in [4.69, 9.17) is 19.2 Å². The molecule has 0 unspecified atom stereocenters. The van der Waals surface area contributed by atoms with Crippen LogP contribution >= 0.6 is 0 Å². The van der Waals surface area contributed by atoms with E-state index >= 15 is 0 Å². The van der Waals surface area contributed by atoms with Crippen molar-refractivity contribution in [3.05, 3.63) is 41.6 Å². The Labute approximate surface area is 335 Å². The van der Waals surface area contributed by atoms with Crippen LogP contribution in [0.25, 0.3) is 10.9 Å². The van der Waals surface area contributed by atoms with Crippen LogP contribution in [-0.4, -0.2) is 83.7 Å². The molecule has 4 heterocycles. The lowest BCUT2D eigenvalue weighted by Gasteiger charge is -2.37. The third-order valence-electron chi connectivity index (χ3n) is 13.4. The van der Waals surface area contributed by atoms with Gasteiger partial charge in [-0.25, -0.2) is 13.4 Å². The van der Waals surface area contributed by atoms with Gasteiger partial charge in [-0.15, -0.1) is 0 Å². The summed E-state index contributed by atoms with van der Waals surface area (Å²) in [7, 11) is -2.35. The van der Waals surface area contributed by atoms with Gasteiger partial charge < -0.3 is 24.4 Å². The van der Waals surface area contributed by atoms with Crippen molar-refractivity contribution in [2.45, 2.75) is 151 Å². The molecule has 1 spiro atoms. The normalized spacial score (nSPS) is 30.7. The predicted molar refractivity (Wildman–Crippen MR) is 212 cm³/mol. The Morgan fingerprint density at radius 3 is 2.61 bits per heavy atom. The molecule has 0 radical (unpaired) electrons. The van der Waals surface area contributed by atoms with Crippen molar-refractivity contribution >= 4 is 44.6 Å². The molecular weight excluding hydrogens is 749 g/mol. The fourth-order valence-corrected chi connectivity index (χ4v) is 10.3. The Kier molecular flexibility index (Phi) is 10.3. The van der Waals surface area contributed by atoms with Crippen molar-refractivity contribution in [3.8, 4) is 11.5 Å². The van der Waals surface area contributed by atoms with Crippen LogP contribution in [0.15, 0.2) is 30.4 Å². The molecule has 1 aromatic carbocycles. The number of fused-ring (bicyclic) bond motifs is 5. The SMILES string of the molecule is CC[C@@H](C)OC(=O)C[C@H]1CCCCC/C=C\[C@@H]2C[C@@]2(C(=O)NS(=O)(=O)C2(C)CC2)NC(=O)[C@@H]2C[C@]3(CCc4c(c(C5CC5)nc5ccc(OC)cc45)O3)CN2C1=O. The molecule has 1 saturated heterocycles. The number of rotatable bonds is 9. The largest absolute Gasteiger partial charge is 0.497 e.